The Labute approximate surface area is 231 Å². The molecule has 0 saturated carbocycles. The molecule has 1 aromatic heterocycles. The van der Waals surface area contributed by atoms with E-state index in [1.807, 2.05) is 0 Å². The maximum Gasteiger partial charge on any atom is 0.250 e. The molecule has 2 amide bonds. The Bertz CT molecular complexity index is 1610. The zero-order valence-corrected chi connectivity index (χ0v) is 23.3. The predicted molar refractivity (Wildman–Crippen MR) is 148 cm³/mol. The molecule has 1 fully saturated rings. The van der Waals surface area contributed by atoms with Crippen LogP contribution >= 0.6 is 11.6 Å². The zero-order valence-electron chi connectivity index (χ0n) is 21.7. The maximum atomic E-state index is 13.7. The molecule has 4 rings (SSSR count). The van der Waals surface area contributed by atoms with Crippen LogP contribution < -0.4 is 11.0 Å². The summed E-state index contributed by atoms with van der Waals surface area (Å²) in [7, 11) is -1.82. The highest BCUT2D eigenvalue weighted by Gasteiger charge is 2.31. The van der Waals surface area contributed by atoms with Crippen LogP contribution in [0, 0.1) is 0 Å². The summed E-state index contributed by atoms with van der Waals surface area (Å²) < 4.78 is 26.2. The number of aryl methyl sites for hydroxylation is 1. The van der Waals surface area contributed by atoms with Gasteiger partial charge in [0.1, 0.15) is 0 Å². The number of carbonyl (C=O) groups excluding carboxylic acids is 3. The summed E-state index contributed by atoms with van der Waals surface area (Å²) in [4.78, 5) is 50.8. The third-order valence-corrected chi connectivity index (χ3v) is 8.56. The monoisotopic (exact) mass is 569 g/mol. The molecule has 0 unspecified atom stereocenters. The highest BCUT2D eigenvalue weighted by Crippen LogP contribution is 2.33. The quantitative estimate of drug-likeness (QED) is 0.308. The molecule has 1 N–H and O–H groups in total. The number of halogens is 1. The largest absolute Gasteiger partial charge is 0.318 e. The predicted octanol–water partition coefficient (Wildman–Crippen LogP) is 3.59. The van der Waals surface area contributed by atoms with Crippen molar-refractivity contribution in [3.63, 3.8) is 0 Å². The van der Waals surface area contributed by atoms with Gasteiger partial charge in [-0.3, -0.25) is 19.2 Å². The van der Waals surface area contributed by atoms with Crippen molar-refractivity contribution < 1.29 is 22.8 Å². The number of hydrogen-bond acceptors (Lipinski definition) is 7. The number of hydrogen-bond donors (Lipinski definition) is 1. The number of nitrogens with zero attached hydrogens (tertiary/aromatic N) is 2. The Morgan fingerprint density at radius 2 is 1.64 bits per heavy atom. The van der Waals surface area contributed by atoms with Gasteiger partial charge in [-0.25, -0.2) is 18.9 Å². The Morgan fingerprint density at radius 3 is 2.26 bits per heavy atom. The van der Waals surface area contributed by atoms with Gasteiger partial charge in [-0.1, -0.05) is 30.7 Å². The molecule has 1 saturated heterocycles. The molecule has 2 heterocycles. The molecule has 0 bridgehead atoms. The van der Waals surface area contributed by atoms with Crippen molar-refractivity contribution in [3.05, 3.63) is 92.4 Å². The lowest BCUT2D eigenvalue weighted by Crippen LogP contribution is -2.43. The van der Waals surface area contributed by atoms with Gasteiger partial charge in [-0.2, -0.15) is 0 Å². The smallest absolute Gasteiger partial charge is 0.250 e. The molecule has 39 heavy (non-hydrogen) atoms. The fraction of sp³-hybridized carbons (Fsp3) is 0.286. The summed E-state index contributed by atoms with van der Waals surface area (Å²) in [6.07, 6.45) is 1.75. The van der Waals surface area contributed by atoms with E-state index in [0.29, 0.717) is 32.8 Å². The topological polar surface area (TPSA) is 123 Å². The van der Waals surface area contributed by atoms with Crippen LogP contribution in [0.3, 0.4) is 0 Å². The van der Waals surface area contributed by atoms with Crippen LogP contribution in [0.15, 0.2) is 59.5 Å². The Hall–Kier alpha value is -3.60. The van der Waals surface area contributed by atoms with Crippen molar-refractivity contribution in [1.29, 1.82) is 0 Å². The van der Waals surface area contributed by atoms with E-state index in [1.54, 1.807) is 69.6 Å². The second kappa shape index (κ2) is 11.3. The van der Waals surface area contributed by atoms with Gasteiger partial charge in [0.15, 0.2) is 15.6 Å². The van der Waals surface area contributed by atoms with Gasteiger partial charge in [0.25, 0.3) is 5.56 Å². The number of ketones is 1. The number of carbonyl (C=O) groups is 3. The number of benzene rings is 2. The number of sulfone groups is 1. The molecule has 3 aromatic rings. The van der Waals surface area contributed by atoms with Gasteiger partial charge in [0, 0.05) is 65.7 Å². The number of amides is 2. The van der Waals surface area contributed by atoms with Gasteiger partial charge in [0.2, 0.25) is 11.8 Å². The molecule has 0 radical (unpaired) electrons. The first-order chi connectivity index (χ1) is 18.4. The van der Waals surface area contributed by atoms with Crippen LogP contribution in [-0.2, 0) is 32.2 Å². The molecule has 204 valence electrons. The van der Waals surface area contributed by atoms with Gasteiger partial charge in [-0.15, -0.1) is 0 Å². The first kappa shape index (κ1) is 28.4. The fourth-order valence-electron chi connectivity index (χ4n) is 4.43. The minimum Gasteiger partial charge on any atom is -0.318 e. The number of imide groups is 1. The Kier molecular flexibility index (Phi) is 8.20. The van der Waals surface area contributed by atoms with E-state index in [0.717, 1.165) is 5.01 Å². The third-order valence-electron chi connectivity index (χ3n) is 6.65. The number of nitrogens with one attached hydrogen (secondary N) is 1. The molecule has 1 atom stereocenters. The third kappa shape index (κ3) is 6.19. The highest BCUT2D eigenvalue weighted by molar-refractivity contribution is 7.90. The Balaban J connectivity index is 1.90. The highest BCUT2D eigenvalue weighted by atomic mass is 35.5. The fourth-order valence-corrected chi connectivity index (χ4v) is 5.44. The lowest BCUT2D eigenvalue weighted by molar-refractivity contribution is -0.142. The van der Waals surface area contributed by atoms with Crippen LogP contribution in [0.4, 0.5) is 0 Å². The van der Waals surface area contributed by atoms with Crippen LogP contribution in [0.25, 0.3) is 11.1 Å². The molecule has 1 aliphatic rings. The van der Waals surface area contributed by atoms with Crippen LogP contribution in [0.2, 0.25) is 5.02 Å². The molecule has 0 aliphatic carbocycles. The van der Waals surface area contributed by atoms with E-state index in [4.69, 9.17) is 11.6 Å². The van der Waals surface area contributed by atoms with E-state index in [-0.39, 0.29) is 53.1 Å². The average molecular weight is 570 g/mol. The summed E-state index contributed by atoms with van der Waals surface area (Å²) in [6.45, 7) is 3.26. The summed E-state index contributed by atoms with van der Waals surface area (Å²) in [5.41, 5.74) is 5.02. The second-order valence-electron chi connectivity index (χ2n) is 9.46. The standard InChI is InChI=1S/C28H28ClN3O6S/c1-4-39(37,38)16-18-5-10-21(28(36)19-6-8-20(29)9-7-19)23(13-18)24-15-31(3)27(35)14-22(24)17(2)30-32-25(33)11-12-26(32)34/h5-10,13-15,17,30H,4,11-12,16H2,1-3H3/t17-/m0/s1. The van der Waals surface area contributed by atoms with E-state index in [2.05, 4.69) is 5.43 Å². The normalized spacial score (nSPS) is 14.6. The molecular weight excluding hydrogens is 542 g/mol. The molecular formula is C28H28ClN3O6S. The van der Waals surface area contributed by atoms with Crippen molar-refractivity contribution in [2.45, 2.75) is 38.5 Å². The van der Waals surface area contributed by atoms with Crippen molar-refractivity contribution in [3.8, 4) is 11.1 Å². The summed E-state index contributed by atoms with van der Waals surface area (Å²) in [6, 6.07) is 11.9. The van der Waals surface area contributed by atoms with E-state index < -0.39 is 15.9 Å². The van der Waals surface area contributed by atoms with Crippen LogP contribution in [0.5, 0.6) is 0 Å². The Morgan fingerprint density at radius 1 is 1.00 bits per heavy atom. The summed E-state index contributed by atoms with van der Waals surface area (Å²) in [5, 5.41) is 1.42. The lowest BCUT2D eigenvalue weighted by Gasteiger charge is -2.24. The van der Waals surface area contributed by atoms with Crippen LogP contribution in [-0.4, -0.2) is 41.3 Å². The first-order valence-electron chi connectivity index (χ1n) is 12.4. The lowest BCUT2D eigenvalue weighted by atomic mass is 9.89. The minimum atomic E-state index is -3.38. The first-order valence-corrected chi connectivity index (χ1v) is 14.6. The molecule has 9 nitrogen and oxygen atoms in total. The minimum absolute atomic E-state index is 0.0439. The van der Waals surface area contributed by atoms with Crippen molar-refractivity contribution >= 4 is 39.0 Å². The van der Waals surface area contributed by atoms with Gasteiger partial charge in [-0.05, 0) is 53.9 Å². The summed E-state index contributed by atoms with van der Waals surface area (Å²) >= 11 is 6.00. The number of rotatable bonds is 9. The van der Waals surface area contributed by atoms with Crippen molar-refractivity contribution in [1.82, 2.24) is 15.0 Å². The zero-order chi connectivity index (χ0) is 28.5. The van der Waals surface area contributed by atoms with Gasteiger partial charge < -0.3 is 4.57 Å². The average Bonchev–Trinajstić information content (AvgIpc) is 3.21. The molecule has 1 aliphatic heterocycles. The molecule has 0 spiro atoms. The number of pyridine rings is 1. The number of aromatic nitrogens is 1. The van der Waals surface area contributed by atoms with E-state index in [9.17, 15) is 27.6 Å². The SMILES string of the molecule is CCS(=O)(=O)Cc1ccc(C(=O)c2ccc(Cl)cc2)c(-c2cn(C)c(=O)cc2[C@H](C)NN2C(=O)CCC2=O)c1. The second-order valence-corrected chi connectivity index (χ2v) is 12.2. The van der Waals surface area contributed by atoms with E-state index in [1.165, 1.54) is 10.6 Å². The van der Waals surface area contributed by atoms with Crippen molar-refractivity contribution in [2.24, 2.45) is 7.05 Å². The van der Waals surface area contributed by atoms with Gasteiger partial charge >= 0.3 is 0 Å². The number of hydrazine groups is 1. The van der Waals surface area contributed by atoms with Gasteiger partial charge in [0.05, 0.1) is 5.75 Å². The van der Waals surface area contributed by atoms with Crippen molar-refractivity contribution in [2.75, 3.05) is 5.75 Å². The molecule has 2 aromatic carbocycles. The molecule has 11 heteroatoms. The van der Waals surface area contributed by atoms with E-state index >= 15 is 0 Å². The summed E-state index contributed by atoms with van der Waals surface area (Å²) in [5.74, 6) is -1.34. The van der Waals surface area contributed by atoms with Crippen LogP contribution in [0.1, 0.15) is 59.8 Å². The maximum absolute atomic E-state index is 13.7.